The molecule has 98 valence electrons. The molecule has 1 rings (SSSR count). The fourth-order valence-corrected chi connectivity index (χ4v) is 1.91. The third kappa shape index (κ3) is 5.06. The lowest BCUT2D eigenvalue weighted by Crippen LogP contribution is -2.44. The lowest BCUT2D eigenvalue weighted by Gasteiger charge is -2.27. The maximum Gasteiger partial charge on any atom is 0.106 e. The van der Waals surface area contributed by atoms with E-state index in [9.17, 15) is 5.26 Å². The van der Waals surface area contributed by atoms with E-state index in [0.29, 0.717) is 12.1 Å². The van der Waals surface area contributed by atoms with Crippen molar-refractivity contribution in [1.82, 2.24) is 5.32 Å². The zero-order chi connectivity index (χ0) is 12.7. The predicted octanol–water partition coefficient (Wildman–Crippen LogP) is 3.01. The van der Waals surface area contributed by atoms with Crippen molar-refractivity contribution in [2.24, 2.45) is 0 Å². The number of nitrogens with one attached hydrogen (secondary N) is 1. The average molecular weight is 238 g/mol. The van der Waals surface area contributed by atoms with Gasteiger partial charge in [0, 0.05) is 12.6 Å². The molecule has 0 bridgehead atoms. The summed E-state index contributed by atoms with van der Waals surface area (Å²) in [6.45, 7) is 7.09. The molecule has 0 aromatic heterocycles. The van der Waals surface area contributed by atoms with E-state index in [2.05, 4.69) is 32.2 Å². The molecule has 1 N–H and O–H groups in total. The number of nitriles is 1. The van der Waals surface area contributed by atoms with Crippen molar-refractivity contribution in [3.8, 4) is 6.07 Å². The molecule has 1 saturated carbocycles. The summed E-state index contributed by atoms with van der Waals surface area (Å²) in [5.41, 5.74) is -0.319. The quantitative estimate of drug-likeness (QED) is 0.628. The summed E-state index contributed by atoms with van der Waals surface area (Å²) in [4.78, 5) is 0. The number of nitrogens with zero attached hydrogens (tertiary/aromatic N) is 1. The molecule has 17 heavy (non-hydrogen) atoms. The number of hydrogen-bond acceptors (Lipinski definition) is 3. The van der Waals surface area contributed by atoms with Crippen LogP contribution < -0.4 is 5.32 Å². The van der Waals surface area contributed by atoms with Gasteiger partial charge in [0.2, 0.25) is 0 Å². The lowest BCUT2D eigenvalue weighted by atomic mass is 9.92. The molecule has 0 aromatic carbocycles. The third-order valence-corrected chi connectivity index (χ3v) is 3.60. The zero-order valence-electron chi connectivity index (χ0n) is 11.5. The van der Waals surface area contributed by atoms with Gasteiger partial charge in [0.05, 0.1) is 12.2 Å². The Morgan fingerprint density at radius 2 is 2.18 bits per heavy atom. The van der Waals surface area contributed by atoms with Gasteiger partial charge < -0.3 is 4.74 Å². The Hall–Kier alpha value is -0.590. The monoisotopic (exact) mass is 238 g/mol. The summed E-state index contributed by atoms with van der Waals surface area (Å²) in [5, 5.41) is 12.8. The molecule has 1 aliphatic rings. The summed E-state index contributed by atoms with van der Waals surface area (Å²) < 4.78 is 5.66. The van der Waals surface area contributed by atoms with E-state index < -0.39 is 0 Å². The SMILES string of the molecule is CCC(C)OCCCC(C#N)(CC)NC1CC1. The van der Waals surface area contributed by atoms with Gasteiger partial charge >= 0.3 is 0 Å². The van der Waals surface area contributed by atoms with Gasteiger partial charge in [-0.2, -0.15) is 5.26 Å². The molecule has 3 heteroatoms. The maximum atomic E-state index is 9.35. The molecular formula is C14H26N2O. The molecule has 2 unspecified atom stereocenters. The van der Waals surface area contributed by atoms with Crippen LogP contribution >= 0.6 is 0 Å². The minimum Gasteiger partial charge on any atom is -0.379 e. The van der Waals surface area contributed by atoms with E-state index in [1.165, 1.54) is 12.8 Å². The second-order valence-corrected chi connectivity index (χ2v) is 5.16. The van der Waals surface area contributed by atoms with Gasteiger partial charge in [0.25, 0.3) is 0 Å². The van der Waals surface area contributed by atoms with Crippen LogP contribution in [0.25, 0.3) is 0 Å². The van der Waals surface area contributed by atoms with Crippen molar-refractivity contribution in [3.05, 3.63) is 0 Å². The van der Waals surface area contributed by atoms with Gasteiger partial charge in [0.15, 0.2) is 0 Å². The Balaban J connectivity index is 2.26. The van der Waals surface area contributed by atoms with E-state index in [1.54, 1.807) is 0 Å². The first-order valence-electron chi connectivity index (χ1n) is 6.96. The highest BCUT2D eigenvalue weighted by atomic mass is 16.5. The van der Waals surface area contributed by atoms with Gasteiger partial charge in [-0.3, -0.25) is 5.32 Å². The van der Waals surface area contributed by atoms with Crippen LogP contribution in [-0.4, -0.2) is 24.3 Å². The Morgan fingerprint density at radius 1 is 1.47 bits per heavy atom. The Kier molecular flexibility index (Phi) is 5.94. The second-order valence-electron chi connectivity index (χ2n) is 5.16. The van der Waals surface area contributed by atoms with Crippen molar-refractivity contribution in [3.63, 3.8) is 0 Å². The van der Waals surface area contributed by atoms with Crippen molar-refractivity contribution >= 4 is 0 Å². The van der Waals surface area contributed by atoms with Crippen LogP contribution in [0.2, 0.25) is 0 Å². The molecule has 0 heterocycles. The van der Waals surface area contributed by atoms with E-state index in [0.717, 1.165) is 32.3 Å². The van der Waals surface area contributed by atoms with Crippen molar-refractivity contribution in [1.29, 1.82) is 5.26 Å². The van der Waals surface area contributed by atoms with Crippen LogP contribution in [0, 0.1) is 11.3 Å². The van der Waals surface area contributed by atoms with Gasteiger partial charge in [-0.25, -0.2) is 0 Å². The van der Waals surface area contributed by atoms with Gasteiger partial charge in [-0.1, -0.05) is 13.8 Å². The molecule has 3 nitrogen and oxygen atoms in total. The van der Waals surface area contributed by atoms with Crippen molar-refractivity contribution in [2.45, 2.75) is 77.0 Å². The van der Waals surface area contributed by atoms with Crippen molar-refractivity contribution in [2.75, 3.05) is 6.61 Å². The molecule has 1 aliphatic carbocycles. The largest absolute Gasteiger partial charge is 0.379 e. The van der Waals surface area contributed by atoms with Gasteiger partial charge in [-0.15, -0.1) is 0 Å². The second kappa shape index (κ2) is 6.98. The highest BCUT2D eigenvalue weighted by molar-refractivity contribution is 5.09. The fraction of sp³-hybridized carbons (Fsp3) is 0.929. The minimum absolute atomic E-state index is 0.319. The molecule has 0 radical (unpaired) electrons. The first kappa shape index (κ1) is 14.5. The predicted molar refractivity (Wildman–Crippen MR) is 69.7 cm³/mol. The smallest absolute Gasteiger partial charge is 0.106 e. The fourth-order valence-electron chi connectivity index (χ4n) is 1.91. The standard InChI is InChI=1S/C14H26N2O/c1-4-12(3)17-10-6-9-14(5-2,11-15)16-13-7-8-13/h12-13,16H,4-10H2,1-3H3. The summed E-state index contributed by atoms with van der Waals surface area (Å²) in [7, 11) is 0. The molecule has 0 aliphatic heterocycles. The molecule has 1 fully saturated rings. The molecule has 0 aromatic rings. The summed E-state index contributed by atoms with van der Waals surface area (Å²) in [6, 6.07) is 3.06. The lowest BCUT2D eigenvalue weighted by molar-refractivity contribution is 0.0581. The highest BCUT2D eigenvalue weighted by Gasteiger charge is 2.34. The van der Waals surface area contributed by atoms with Gasteiger partial charge in [0.1, 0.15) is 5.54 Å². The first-order chi connectivity index (χ1) is 8.15. The number of ether oxygens (including phenoxy) is 1. The normalized spacial score (nSPS) is 20.6. The van der Waals surface area contributed by atoms with E-state index in [1.807, 2.05) is 0 Å². The zero-order valence-corrected chi connectivity index (χ0v) is 11.5. The molecule has 0 spiro atoms. The molecule has 0 amide bonds. The molecule has 2 atom stereocenters. The Bertz CT molecular complexity index is 257. The first-order valence-corrected chi connectivity index (χ1v) is 6.96. The Morgan fingerprint density at radius 3 is 2.65 bits per heavy atom. The Labute approximate surface area is 106 Å². The van der Waals surface area contributed by atoms with E-state index in [-0.39, 0.29) is 5.54 Å². The van der Waals surface area contributed by atoms with Crippen LogP contribution in [0.3, 0.4) is 0 Å². The number of hydrogen-bond donors (Lipinski definition) is 1. The summed E-state index contributed by atoms with van der Waals surface area (Å²) in [5.74, 6) is 0. The van der Waals surface area contributed by atoms with Crippen LogP contribution in [0.5, 0.6) is 0 Å². The van der Waals surface area contributed by atoms with E-state index in [4.69, 9.17) is 4.74 Å². The summed E-state index contributed by atoms with van der Waals surface area (Å²) >= 11 is 0. The minimum atomic E-state index is -0.319. The molecule has 0 saturated heterocycles. The summed E-state index contributed by atoms with van der Waals surface area (Å²) in [6.07, 6.45) is 6.59. The topological polar surface area (TPSA) is 45.0 Å². The number of rotatable bonds is 9. The van der Waals surface area contributed by atoms with Crippen LogP contribution in [-0.2, 0) is 4.74 Å². The van der Waals surface area contributed by atoms with Crippen LogP contribution in [0.4, 0.5) is 0 Å². The van der Waals surface area contributed by atoms with Crippen LogP contribution in [0.15, 0.2) is 0 Å². The maximum absolute atomic E-state index is 9.35. The third-order valence-electron chi connectivity index (χ3n) is 3.60. The average Bonchev–Trinajstić information content (AvgIpc) is 3.16. The van der Waals surface area contributed by atoms with Crippen molar-refractivity contribution < 1.29 is 4.74 Å². The highest BCUT2D eigenvalue weighted by Crippen LogP contribution is 2.26. The van der Waals surface area contributed by atoms with Gasteiger partial charge in [-0.05, 0) is 45.4 Å². The van der Waals surface area contributed by atoms with E-state index >= 15 is 0 Å². The van der Waals surface area contributed by atoms with Crippen LogP contribution in [0.1, 0.15) is 59.3 Å². The molecular weight excluding hydrogens is 212 g/mol.